The Kier molecular flexibility index (Phi) is 3.88. The Bertz CT molecular complexity index is 387. The molecule has 0 bridgehead atoms. The van der Waals surface area contributed by atoms with Gasteiger partial charge in [0, 0.05) is 10.9 Å². The van der Waals surface area contributed by atoms with Crippen LogP contribution in [-0.4, -0.2) is 10.7 Å². The lowest BCUT2D eigenvalue weighted by Gasteiger charge is -2.38. The highest BCUT2D eigenvalue weighted by Crippen LogP contribution is 2.36. The molecule has 2 atom stereocenters. The molecule has 2 unspecified atom stereocenters. The lowest BCUT2D eigenvalue weighted by Crippen LogP contribution is -2.41. The molecule has 0 radical (unpaired) electrons. The Labute approximate surface area is 110 Å². The molecule has 1 aliphatic rings. The maximum absolute atomic E-state index is 13.3. The fourth-order valence-corrected chi connectivity index (χ4v) is 3.24. The summed E-state index contributed by atoms with van der Waals surface area (Å²) in [6.07, 6.45) is 4.69. The summed E-state index contributed by atoms with van der Waals surface area (Å²) in [5.74, 6) is 0.0414. The van der Waals surface area contributed by atoms with Gasteiger partial charge in [0.15, 0.2) is 0 Å². The molecular formula is C14H18BrFO. The molecule has 17 heavy (non-hydrogen) atoms. The minimum absolute atomic E-state index is 0.249. The zero-order valence-electron chi connectivity index (χ0n) is 10.0. The largest absolute Gasteiger partial charge is 0.389 e. The fraction of sp³-hybridized carbons (Fsp3) is 0.571. The van der Waals surface area contributed by atoms with Crippen LogP contribution in [0.4, 0.5) is 4.39 Å². The average molecular weight is 301 g/mol. The standard InChI is InChI=1S/C14H18BrFO/c1-10-4-2-3-5-14(10,17)9-11-6-12(15)8-13(16)7-11/h6-8,10,17H,2-5,9H2,1H3. The molecule has 0 spiro atoms. The van der Waals surface area contributed by atoms with Crippen molar-refractivity contribution in [2.75, 3.05) is 0 Å². The van der Waals surface area contributed by atoms with Crippen molar-refractivity contribution in [3.05, 3.63) is 34.1 Å². The van der Waals surface area contributed by atoms with Crippen LogP contribution < -0.4 is 0 Å². The van der Waals surface area contributed by atoms with E-state index in [0.717, 1.165) is 29.3 Å². The highest BCUT2D eigenvalue weighted by atomic mass is 79.9. The van der Waals surface area contributed by atoms with Crippen LogP contribution in [0.15, 0.2) is 22.7 Å². The highest BCUT2D eigenvalue weighted by molar-refractivity contribution is 9.10. The van der Waals surface area contributed by atoms with Crippen molar-refractivity contribution in [1.82, 2.24) is 0 Å². The van der Waals surface area contributed by atoms with Gasteiger partial charge in [0.25, 0.3) is 0 Å². The zero-order chi connectivity index (χ0) is 12.5. The number of hydrogen-bond donors (Lipinski definition) is 1. The Hall–Kier alpha value is -0.410. The van der Waals surface area contributed by atoms with Crippen molar-refractivity contribution < 1.29 is 9.50 Å². The third kappa shape index (κ3) is 3.08. The first-order valence-corrected chi connectivity index (χ1v) is 6.96. The molecule has 94 valence electrons. The second kappa shape index (κ2) is 5.07. The molecule has 0 amide bonds. The van der Waals surface area contributed by atoms with E-state index in [9.17, 15) is 9.50 Å². The molecular weight excluding hydrogens is 283 g/mol. The topological polar surface area (TPSA) is 20.2 Å². The Morgan fingerprint density at radius 2 is 2.18 bits per heavy atom. The maximum Gasteiger partial charge on any atom is 0.124 e. The van der Waals surface area contributed by atoms with Crippen LogP contribution in [0.2, 0.25) is 0 Å². The molecule has 0 heterocycles. The van der Waals surface area contributed by atoms with E-state index < -0.39 is 5.60 Å². The van der Waals surface area contributed by atoms with E-state index >= 15 is 0 Å². The van der Waals surface area contributed by atoms with Gasteiger partial charge in [0.2, 0.25) is 0 Å². The predicted octanol–water partition coefficient (Wildman–Crippen LogP) is 4.07. The van der Waals surface area contributed by atoms with Gasteiger partial charge in [-0.1, -0.05) is 35.7 Å². The molecule has 1 aromatic carbocycles. The molecule has 2 rings (SSSR count). The van der Waals surface area contributed by atoms with Gasteiger partial charge in [-0.2, -0.15) is 0 Å². The Morgan fingerprint density at radius 1 is 1.41 bits per heavy atom. The molecule has 0 aliphatic heterocycles. The summed E-state index contributed by atoms with van der Waals surface area (Å²) in [5.41, 5.74) is 0.207. The van der Waals surface area contributed by atoms with Crippen molar-refractivity contribution in [3.63, 3.8) is 0 Å². The molecule has 1 saturated carbocycles. The van der Waals surface area contributed by atoms with Crippen molar-refractivity contribution in [3.8, 4) is 0 Å². The second-order valence-electron chi connectivity index (χ2n) is 5.20. The predicted molar refractivity (Wildman–Crippen MR) is 70.4 cm³/mol. The number of hydrogen-bond acceptors (Lipinski definition) is 1. The van der Waals surface area contributed by atoms with Gasteiger partial charge < -0.3 is 5.11 Å². The van der Waals surface area contributed by atoms with E-state index in [0.29, 0.717) is 12.3 Å². The van der Waals surface area contributed by atoms with Gasteiger partial charge in [0.05, 0.1) is 5.60 Å². The van der Waals surface area contributed by atoms with E-state index in [-0.39, 0.29) is 5.82 Å². The molecule has 3 heteroatoms. The summed E-state index contributed by atoms with van der Waals surface area (Å²) in [6, 6.07) is 4.85. The van der Waals surface area contributed by atoms with Crippen molar-refractivity contribution >= 4 is 15.9 Å². The minimum atomic E-state index is -0.661. The van der Waals surface area contributed by atoms with Crippen molar-refractivity contribution in [1.29, 1.82) is 0 Å². The van der Waals surface area contributed by atoms with Gasteiger partial charge in [-0.3, -0.25) is 0 Å². The van der Waals surface area contributed by atoms with Crippen LogP contribution in [0, 0.1) is 11.7 Å². The summed E-state index contributed by atoms with van der Waals surface area (Å²) in [7, 11) is 0. The van der Waals surface area contributed by atoms with E-state index in [2.05, 4.69) is 22.9 Å². The SMILES string of the molecule is CC1CCCCC1(O)Cc1cc(F)cc(Br)c1. The molecule has 1 nitrogen and oxygen atoms in total. The van der Waals surface area contributed by atoms with E-state index in [1.165, 1.54) is 18.6 Å². The van der Waals surface area contributed by atoms with Gasteiger partial charge in [-0.15, -0.1) is 0 Å². The lowest BCUT2D eigenvalue weighted by atomic mass is 9.73. The van der Waals surface area contributed by atoms with Crippen LogP contribution in [0.3, 0.4) is 0 Å². The second-order valence-corrected chi connectivity index (χ2v) is 6.12. The average Bonchev–Trinajstić information content (AvgIpc) is 2.21. The molecule has 0 saturated heterocycles. The van der Waals surface area contributed by atoms with E-state index in [4.69, 9.17) is 0 Å². The first kappa shape index (κ1) is 13.0. The molecule has 0 aromatic heterocycles. The highest BCUT2D eigenvalue weighted by Gasteiger charge is 2.35. The smallest absolute Gasteiger partial charge is 0.124 e. The summed E-state index contributed by atoms with van der Waals surface area (Å²) in [4.78, 5) is 0. The Balaban J connectivity index is 2.18. The summed E-state index contributed by atoms with van der Waals surface area (Å²) in [5, 5.41) is 10.6. The normalized spacial score (nSPS) is 29.3. The summed E-state index contributed by atoms with van der Waals surface area (Å²) < 4.78 is 14.0. The first-order chi connectivity index (χ1) is 7.99. The number of rotatable bonds is 2. The van der Waals surface area contributed by atoms with Crippen LogP contribution in [0.1, 0.15) is 38.2 Å². The molecule has 1 N–H and O–H groups in total. The first-order valence-electron chi connectivity index (χ1n) is 6.17. The maximum atomic E-state index is 13.3. The third-order valence-corrected chi connectivity index (χ3v) is 4.30. The summed E-state index contributed by atoms with van der Waals surface area (Å²) in [6.45, 7) is 2.09. The van der Waals surface area contributed by atoms with Crippen molar-refractivity contribution in [2.45, 2.75) is 44.6 Å². The third-order valence-electron chi connectivity index (χ3n) is 3.85. The zero-order valence-corrected chi connectivity index (χ0v) is 11.6. The van der Waals surface area contributed by atoms with Gasteiger partial charge in [-0.25, -0.2) is 4.39 Å². The monoisotopic (exact) mass is 300 g/mol. The molecule has 1 fully saturated rings. The Morgan fingerprint density at radius 3 is 2.82 bits per heavy atom. The van der Waals surface area contributed by atoms with E-state index in [1.807, 2.05) is 6.07 Å². The van der Waals surface area contributed by atoms with Crippen molar-refractivity contribution in [2.24, 2.45) is 5.92 Å². The quantitative estimate of drug-likeness (QED) is 0.873. The van der Waals surface area contributed by atoms with E-state index in [1.54, 1.807) is 0 Å². The van der Waals surface area contributed by atoms with Gasteiger partial charge >= 0.3 is 0 Å². The van der Waals surface area contributed by atoms with Crippen LogP contribution >= 0.6 is 15.9 Å². The minimum Gasteiger partial charge on any atom is -0.389 e. The fourth-order valence-electron chi connectivity index (χ4n) is 2.73. The molecule has 1 aliphatic carbocycles. The van der Waals surface area contributed by atoms with Crippen LogP contribution in [0.25, 0.3) is 0 Å². The lowest BCUT2D eigenvalue weighted by molar-refractivity contribution is -0.0405. The number of benzene rings is 1. The number of aliphatic hydroxyl groups is 1. The molecule has 1 aromatic rings. The van der Waals surface area contributed by atoms with Crippen LogP contribution in [-0.2, 0) is 6.42 Å². The van der Waals surface area contributed by atoms with Gasteiger partial charge in [-0.05, 0) is 42.5 Å². The van der Waals surface area contributed by atoms with Gasteiger partial charge in [0.1, 0.15) is 5.82 Å². The summed E-state index contributed by atoms with van der Waals surface area (Å²) >= 11 is 3.29. The number of halogens is 2. The van der Waals surface area contributed by atoms with Crippen LogP contribution in [0.5, 0.6) is 0 Å².